The van der Waals surface area contributed by atoms with Crippen molar-refractivity contribution in [1.29, 1.82) is 0 Å². The standard InChI is InChI=1S/C21H14BrClN2O/c1-12-7-14(11-20(23)25-12)21(26)15-8-13(9-16(22)10-15)17-3-2-4-19-18(17)5-6-24-19/h2-11,24H,1H3. The summed E-state index contributed by atoms with van der Waals surface area (Å²) < 4.78 is 0.850. The van der Waals surface area contributed by atoms with E-state index in [2.05, 4.69) is 32.0 Å². The minimum atomic E-state index is -0.0822. The topological polar surface area (TPSA) is 45.8 Å². The van der Waals surface area contributed by atoms with E-state index in [4.69, 9.17) is 11.6 Å². The summed E-state index contributed by atoms with van der Waals surface area (Å²) >= 11 is 9.55. The highest BCUT2D eigenvalue weighted by Gasteiger charge is 2.14. The van der Waals surface area contributed by atoms with Crippen molar-refractivity contribution in [3.05, 3.63) is 87.2 Å². The molecule has 0 amide bonds. The van der Waals surface area contributed by atoms with Gasteiger partial charge in [0.25, 0.3) is 0 Å². The number of pyridine rings is 1. The number of hydrogen-bond donors (Lipinski definition) is 1. The zero-order valence-electron chi connectivity index (χ0n) is 13.9. The van der Waals surface area contributed by atoms with Gasteiger partial charge in [-0.3, -0.25) is 4.79 Å². The van der Waals surface area contributed by atoms with Gasteiger partial charge < -0.3 is 4.98 Å². The Morgan fingerprint density at radius 2 is 1.88 bits per heavy atom. The van der Waals surface area contributed by atoms with E-state index in [9.17, 15) is 4.79 Å². The van der Waals surface area contributed by atoms with Crippen molar-refractivity contribution in [3.8, 4) is 11.1 Å². The van der Waals surface area contributed by atoms with Crippen molar-refractivity contribution in [3.63, 3.8) is 0 Å². The molecule has 5 heteroatoms. The lowest BCUT2D eigenvalue weighted by Crippen LogP contribution is -2.03. The van der Waals surface area contributed by atoms with E-state index in [-0.39, 0.29) is 5.78 Å². The van der Waals surface area contributed by atoms with E-state index in [0.717, 1.165) is 26.5 Å². The maximum atomic E-state index is 13.0. The quantitative estimate of drug-likeness (QED) is 0.314. The summed E-state index contributed by atoms with van der Waals surface area (Å²) in [5.41, 5.74) is 4.96. The minimum absolute atomic E-state index is 0.0822. The normalized spacial score (nSPS) is 11.0. The minimum Gasteiger partial charge on any atom is -0.361 e. The average molecular weight is 426 g/mol. The second kappa shape index (κ2) is 6.71. The molecule has 2 aromatic carbocycles. The van der Waals surface area contributed by atoms with Crippen LogP contribution in [0.15, 0.2) is 65.3 Å². The Morgan fingerprint density at radius 3 is 2.69 bits per heavy atom. The molecule has 0 aliphatic carbocycles. The van der Waals surface area contributed by atoms with E-state index < -0.39 is 0 Å². The van der Waals surface area contributed by atoms with Crippen LogP contribution in [-0.4, -0.2) is 15.8 Å². The van der Waals surface area contributed by atoms with E-state index in [1.165, 1.54) is 0 Å². The van der Waals surface area contributed by atoms with Crippen LogP contribution in [0.25, 0.3) is 22.0 Å². The van der Waals surface area contributed by atoms with Crippen LogP contribution in [0.1, 0.15) is 21.6 Å². The monoisotopic (exact) mass is 424 g/mol. The SMILES string of the molecule is Cc1cc(C(=O)c2cc(Br)cc(-c3cccc4[nH]ccc34)c2)cc(Cl)n1. The summed E-state index contributed by atoms with van der Waals surface area (Å²) in [7, 11) is 0. The zero-order chi connectivity index (χ0) is 18.3. The Balaban J connectivity index is 1.84. The highest BCUT2D eigenvalue weighted by molar-refractivity contribution is 9.10. The van der Waals surface area contributed by atoms with Crippen LogP contribution in [0, 0.1) is 6.92 Å². The van der Waals surface area contributed by atoms with Crippen LogP contribution < -0.4 is 0 Å². The number of ketones is 1. The highest BCUT2D eigenvalue weighted by Crippen LogP contribution is 2.31. The number of aromatic amines is 1. The van der Waals surface area contributed by atoms with Gasteiger partial charge in [-0.1, -0.05) is 39.7 Å². The van der Waals surface area contributed by atoms with Crippen molar-refractivity contribution in [2.75, 3.05) is 0 Å². The Hall–Kier alpha value is -2.43. The first-order valence-corrected chi connectivity index (χ1v) is 9.24. The molecule has 0 spiro atoms. The lowest BCUT2D eigenvalue weighted by Gasteiger charge is -2.09. The predicted molar refractivity (Wildman–Crippen MR) is 109 cm³/mol. The third-order valence-corrected chi connectivity index (χ3v) is 4.90. The number of nitrogens with zero attached hydrogens (tertiary/aromatic N) is 1. The van der Waals surface area contributed by atoms with Crippen LogP contribution in [0.2, 0.25) is 5.15 Å². The predicted octanol–water partition coefficient (Wildman–Crippen LogP) is 6.19. The Kier molecular flexibility index (Phi) is 4.39. The first kappa shape index (κ1) is 17.0. The van der Waals surface area contributed by atoms with Gasteiger partial charge in [0.05, 0.1) is 0 Å². The smallest absolute Gasteiger partial charge is 0.193 e. The van der Waals surface area contributed by atoms with Crippen LogP contribution >= 0.6 is 27.5 Å². The molecule has 4 rings (SSSR count). The molecule has 2 aromatic heterocycles. The molecule has 128 valence electrons. The molecule has 4 aromatic rings. The third-order valence-electron chi connectivity index (χ3n) is 4.25. The number of benzene rings is 2. The van der Waals surface area contributed by atoms with Crippen molar-refractivity contribution in [2.24, 2.45) is 0 Å². The van der Waals surface area contributed by atoms with Crippen LogP contribution in [0.3, 0.4) is 0 Å². The Labute approximate surface area is 164 Å². The maximum Gasteiger partial charge on any atom is 0.193 e. The fourth-order valence-corrected chi connectivity index (χ4v) is 3.88. The first-order chi connectivity index (χ1) is 12.5. The summed E-state index contributed by atoms with van der Waals surface area (Å²) in [5.74, 6) is -0.0822. The molecular weight excluding hydrogens is 412 g/mol. The van der Waals surface area contributed by atoms with Gasteiger partial charge in [-0.05, 0) is 60.5 Å². The largest absolute Gasteiger partial charge is 0.361 e. The molecule has 26 heavy (non-hydrogen) atoms. The molecule has 0 saturated carbocycles. The highest BCUT2D eigenvalue weighted by atomic mass is 79.9. The van der Waals surface area contributed by atoms with Crippen molar-refractivity contribution >= 4 is 44.2 Å². The van der Waals surface area contributed by atoms with Gasteiger partial charge in [0, 0.05) is 38.4 Å². The van der Waals surface area contributed by atoms with E-state index in [0.29, 0.717) is 22.0 Å². The van der Waals surface area contributed by atoms with E-state index in [1.807, 2.05) is 49.5 Å². The van der Waals surface area contributed by atoms with Gasteiger partial charge in [-0.2, -0.15) is 0 Å². The Morgan fingerprint density at radius 1 is 1.08 bits per heavy atom. The number of rotatable bonds is 3. The van der Waals surface area contributed by atoms with Gasteiger partial charge in [0.2, 0.25) is 0 Å². The van der Waals surface area contributed by atoms with E-state index >= 15 is 0 Å². The molecule has 0 fully saturated rings. The van der Waals surface area contributed by atoms with E-state index in [1.54, 1.807) is 12.1 Å². The number of H-pyrrole nitrogens is 1. The molecule has 1 N–H and O–H groups in total. The number of halogens is 2. The zero-order valence-corrected chi connectivity index (χ0v) is 16.2. The summed E-state index contributed by atoms with van der Waals surface area (Å²) in [4.78, 5) is 20.3. The van der Waals surface area contributed by atoms with Crippen LogP contribution in [0.5, 0.6) is 0 Å². The lowest BCUT2D eigenvalue weighted by atomic mass is 9.96. The number of carbonyl (C=O) groups excluding carboxylic acids is 1. The Bertz CT molecular complexity index is 1130. The molecule has 2 heterocycles. The molecule has 0 radical (unpaired) electrons. The number of nitrogens with one attached hydrogen (secondary N) is 1. The maximum absolute atomic E-state index is 13.0. The number of hydrogen-bond acceptors (Lipinski definition) is 2. The number of aryl methyl sites for hydroxylation is 1. The molecule has 3 nitrogen and oxygen atoms in total. The number of aromatic nitrogens is 2. The summed E-state index contributed by atoms with van der Waals surface area (Å²) in [6.07, 6.45) is 1.92. The number of carbonyl (C=O) groups is 1. The molecule has 0 unspecified atom stereocenters. The third kappa shape index (κ3) is 3.18. The van der Waals surface area contributed by atoms with Crippen LogP contribution in [0.4, 0.5) is 0 Å². The summed E-state index contributed by atoms with van der Waals surface area (Å²) in [5, 5.41) is 1.44. The summed E-state index contributed by atoms with van der Waals surface area (Å²) in [6, 6.07) is 17.2. The molecule has 0 aliphatic rings. The average Bonchev–Trinajstić information content (AvgIpc) is 3.08. The fourth-order valence-electron chi connectivity index (χ4n) is 3.14. The second-order valence-electron chi connectivity index (χ2n) is 6.12. The van der Waals surface area contributed by atoms with Gasteiger partial charge in [-0.15, -0.1) is 0 Å². The second-order valence-corrected chi connectivity index (χ2v) is 7.43. The first-order valence-electron chi connectivity index (χ1n) is 8.07. The molecule has 0 atom stereocenters. The molecular formula is C21H14BrClN2O. The van der Waals surface area contributed by atoms with Gasteiger partial charge in [-0.25, -0.2) is 4.98 Å². The lowest BCUT2D eigenvalue weighted by molar-refractivity contribution is 0.103. The van der Waals surface area contributed by atoms with Crippen molar-refractivity contribution in [2.45, 2.75) is 6.92 Å². The molecule has 0 saturated heterocycles. The van der Waals surface area contributed by atoms with Crippen molar-refractivity contribution in [1.82, 2.24) is 9.97 Å². The number of fused-ring (bicyclic) bond motifs is 1. The van der Waals surface area contributed by atoms with Crippen molar-refractivity contribution < 1.29 is 4.79 Å². The summed E-state index contributed by atoms with van der Waals surface area (Å²) in [6.45, 7) is 1.82. The fraction of sp³-hybridized carbons (Fsp3) is 0.0476. The van der Waals surface area contributed by atoms with Gasteiger partial charge in [0.15, 0.2) is 5.78 Å². The molecule has 0 bridgehead atoms. The van der Waals surface area contributed by atoms with Gasteiger partial charge in [0.1, 0.15) is 5.15 Å². The molecule has 0 aliphatic heterocycles. The van der Waals surface area contributed by atoms with Crippen LogP contribution in [-0.2, 0) is 0 Å². The van der Waals surface area contributed by atoms with Gasteiger partial charge >= 0.3 is 0 Å².